The van der Waals surface area contributed by atoms with E-state index in [2.05, 4.69) is 73.0 Å². The van der Waals surface area contributed by atoms with Crippen molar-refractivity contribution in [3.05, 3.63) is 65.7 Å². The lowest BCUT2D eigenvalue weighted by Gasteiger charge is -2.41. The normalized spacial score (nSPS) is 22.6. The van der Waals surface area contributed by atoms with Crippen molar-refractivity contribution in [3.63, 3.8) is 0 Å². The average molecular weight is 493 g/mol. The standard InChI is InChI=1S/C28H40N6O2/c1-19(2)15-29-16-21-10-9-11-22(14-21)18-34-25(30-23-12-7-6-8-13-23)24-26(31-34)33(17-20(3)4)28(36)32(5)27(24)35/h6-14,19-20,24-26,29-31H,15-18H2,1-5H3. The Morgan fingerprint density at radius 3 is 2.36 bits per heavy atom. The van der Waals surface area contributed by atoms with Crippen molar-refractivity contribution >= 4 is 17.6 Å². The van der Waals surface area contributed by atoms with Crippen LogP contribution in [0.4, 0.5) is 10.5 Å². The van der Waals surface area contributed by atoms with Gasteiger partial charge in [-0.15, -0.1) is 0 Å². The number of amides is 3. The molecular weight excluding hydrogens is 452 g/mol. The monoisotopic (exact) mass is 492 g/mol. The zero-order valence-electron chi connectivity index (χ0n) is 22.1. The number of benzene rings is 2. The number of hydrogen-bond acceptors (Lipinski definition) is 6. The smallest absolute Gasteiger partial charge is 0.327 e. The van der Waals surface area contributed by atoms with Crippen LogP contribution in [0.25, 0.3) is 0 Å². The lowest BCUT2D eigenvalue weighted by Crippen LogP contribution is -2.64. The molecule has 4 rings (SSSR count). The highest BCUT2D eigenvalue weighted by molar-refractivity contribution is 5.99. The first-order valence-electron chi connectivity index (χ1n) is 13.0. The molecule has 36 heavy (non-hydrogen) atoms. The summed E-state index contributed by atoms with van der Waals surface area (Å²) < 4.78 is 0. The third-order valence-electron chi connectivity index (χ3n) is 6.67. The molecule has 2 aliphatic rings. The molecule has 194 valence electrons. The fourth-order valence-electron chi connectivity index (χ4n) is 5.00. The first-order chi connectivity index (χ1) is 17.2. The summed E-state index contributed by atoms with van der Waals surface area (Å²) in [5, 5.41) is 9.17. The fraction of sp³-hybridized carbons (Fsp3) is 0.500. The van der Waals surface area contributed by atoms with Crippen LogP contribution in [0.2, 0.25) is 0 Å². The Morgan fingerprint density at radius 2 is 1.67 bits per heavy atom. The lowest BCUT2D eigenvalue weighted by molar-refractivity contribution is -0.137. The van der Waals surface area contributed by atoms with Gasteiger partial charge in [-0.2, -0.15) is 0 Å². The quantitative estimate of drug-likeness (QED) is 0.470. The maximum absolute atomic E-state index is 13.4. The molecule has 0 saturated carbocycles. The molecule has 3 amide bonds. The van der Waals surface area contributed by atoms with E-state index in [1.807, 2.05) is 35.2 Å². The molecular formula is C28H40N6O2. The zero-order chi connectivity index (χ0) is 25.8. The Bertz CT molecular complexity index is 1040. The summed E-state index contributed by atoms with van der Waals surface area (Å²) in [6.07, 6.45) is -0.724. The molecule has 3 N–H and O–H groups in total. The number of nitrogens with zero attached hydrogens (tertiary/aromatic N) is 3. The first kappa shape index (κ1) is 26.1. The third kappa shape index (κ3) is 5.88. The van der Waals surface area contributed by atoms with Crippen molar-refractivity contribution in [1.82, 2.24) is 25.6 Å². The number of fused-ring (bicyclic) bond motifs is 1. The summed E-state index contributed by atoms with van der Waals surface area (Å²) in [7, 11) is 1.59. The van der Waals surface area contributed by atoms with Crippen LogP contribution in [0, 0.1) is 17.8 Å². The van der Waals surface area contributed by atoms with E-state index in [-0.39, 0.29) is 24.0 Å². The second-order valence-electron chi connectivity index (χ2n) is 10.8. The Morgan fingerprint density at radius 1 is 0.944 bits per heavy atom. The molecule has 0 aromatic heterocycles. The summed E-state index contributed by atoms with van der Waals surface area (Å²) in [6.45, 7) is 11.5. The minimum atomic E-state index is -0.442. The Labute approximate surface area is 215 Å². The molecule has 2 fully saturated rings. The number of carbonyl (C=O) groups excluding carboxylic acids is 2. The highest BCUT2D eigenvalue weighted by atomic mass is 16.2. The average Bonchev–Trinajstić information content (AvgIpc) is 3.18. The van der Waals surface area contributed by atoms with Crippen LogP contribution in [0.3, 0.4) is 0 Å². The molecule has 0 spiro atoms. The van der Waals surface area contributed by atoms with Gasteiger partial charge in [0, 0.05) is 32.4 Å². The van der Waals surface area contributed by atoms with Crippen LogP contribution in [0.5, 0.6) is 0 Å². The minimum Gasteiger partial charge on any atom is -0.368 e. The molecule has 2 aromatic rings. The Kier molecular flexibility index (Phi) is 8.28. The minimum absolute atomic E-state index is 0.167. The number of anilines is 1. The molecule has 0 aliphatic carbocycles. The number of imide groups is 1. The van der Waals surface area contributed by atoms with Crippen molar-refractivity contribution < 1.29 is 9.59 Å². The van der Waals surface area contributed by atoms with Crippen molar-refractivity contribution in [1.29, 1.82) is 0 Å². The topological polar surface area (TPSA) is 80.0 Å². The summed E-state index contributed by atoms with van der Waals surface area (Å²) in [5.41, 5.74) is 6.85. The van der Waals surface area contributed by atoms with Gasteiger partial charge in [-0.25, -0.2) is 15.2 Å². The van der Waals surface area contributed by atoms with E-state index in [1.165, 1.54) is 10.5 Å². The molecule has 8 heteroatoms. The molecule has 8 nitrogen and oxygen atoms in total. The van der Waals surface area contributed by atoms with Gasteiger partial charge in [0.05, 0.1) is 0 Å². The van der Waals surface area contributed by atoms with Crippen molar-refractivity contribution in [3.8, 4) is 0 Å². The van der Waals surface area contributed by atoms with Gasteiger partial charge < -0.3 is 15.5 Å². The molecule has 2 saturated heterocycles. The highest BCUT2D eigenvalue weighted by Crippen LogP contribution is 2.33. The van der Waals surface area contributed by atoms with Crippen molar-refractivity contribution in [2.75, 3.05) is 25.5 Å². The van der Waals surface area contributed by atoms with Crippen LogP contribution in [0.1, 0.15) is 38.8 Å². The number of urea groups is 1. The van der Waals surface area contributed by atoms with Gasteiger partial charge in [0.2, 0.25) is 5.91 Å². The number of hydrogen-bond donors (Lipinski definition) is 3. The zero-order valence-corrected chi connectivity index (χ0v) is 22.1. The molecule has 3 atom stereocenters. The third-order valence-corrected chi connectivity index (χ3v) is 6.67. The van der Waals surface area contributed by atoms with Crippen molar-refractivity contribution in [2.45, 2.75) is 53.1 Å². The molecule has 0 radical (unpaired) electrons. The van der Waals surface area contributed by atoms with Gasteiger partial charge in [-0.1, -0.05) is 70.2 Å². The summed E-state index contributed by atoms with van der Waals surface area (Å²) in [4.78, 5) is 29.6. The predicted molar refractivity (Wildman–Crippen MR) is 143 cm³/mol. The van der Waals surface area contributed by atoms with Gasteiger partial charge in [0.25, 0.3) is 0 Å². The molecule has 2 aliphatic heterocycles. The maximum atomic E-state index is 13.4. The Hall–Kier alpha value is -2.94. The SMILES string of the molecule is CC(C)CNCc1cccc(CN2NC3C(C(=O)N(C)C(=O)N3CC(C)C)C2Nc2ccccc2)c1. The second kappa shape index (κ2) is 11.4. The van der Waals surface area contributed by atoms with Crippen molar-refractivity contribution in [2.24, 2.45) is 17.8 Å². The maximum Gasteiger partial charge on any atom is 0.327 e. The molecule has 2 aromatic carbocycles. The fourth-order valence-corrected chi connectivity index (χ4v) is 5.00. The van der Waals surface area contributed by atoms with Gasteiger partial charge in [0.1, 0.15) is 18.2 Å². The number of rotatable bonds is 10. The van der Waals surface area contributed by atoms with Crippen LogP contribution >= 0.6 is 0 Å². The Balaban J connectivity index is 1.61. The lowest BCUT2D eigenvalue weighted by atomic mass is 9.97. The predicted octanol–water partition coefficient (Wildman–Crippen LogP) is 3.68. The van der Waals surface area contributed by atoms with E-state index in [4.69, 9.17) is 0 Å². The number of hydrazine groups is 1. The first-order valence-corrected chi connectivity index (χ1v) is 13.0. The van der Waals surface area contributed by atoms with E-state index in [9.17, 15) is 9.59 Å². The number of nitrogens with one attached hydrogen (secondary N) is 3. The van der Waals surface area contributed by atoms with Crippen LogP contribution in [-0.2, 0) is 17.9 Å². The van der Waals surface area contributed by atoms with E-state index < -0.39 is 12.1 Å². The summed E-state index contributed by atoms with van der Waals surface area (Å²) >= 11 is 0. The molecule has 3 unspecified atom stereocenters. The van der Waals surface area contributed by atoms with Gasteiger partial charge in [0.15, 0.2) is 0 Å². The largest absolute Gasteiger partial charge is 0.368 e. The van der Waals surface area contributed by atoms with Gasteiger partial charge >= 0.3 is 6.03 Å². The van der Waals surface area contributed by atoms with E-state index in [1.54, 1.807) is 7.05 Å². The highest BCUT2D eigenvalue weighted by Gasteiger charge is 2.55. The molecule has 2 heterocycles. The van der Waals surface area contributed by atoms with Crippen LogP contribution in [0.15, 0.2) is 54.6 Å². The van der Waals surface area contributed by atoms with Crippen LogP contribution < -0.4 is 16.1 Å². The van der Waals surface area contributed by atoms with Crippen LogP contribution in [-0.4, -0.2) is 59.2 Å². The second-order valence-corrected chi connectivity index (χ2v) is 10.8. The van der Waals surface area contributed by atoms with Gasteiger partial charge in [-0.3, -0.25) is 9.69 Å². The molecule has 0 bridgehead atoms. The van der Waals surface area contributed by atoms with E-state index in [0.29, 0.717) is 19.0 Å². The number of carbonyl (C=O) groups is 2. The van der Waals surface area contributed by atoms with E-state index >= 15 is 0 Å². The summed E-state index contributed by atoms with van der Waals surface area (Å²) in [5.74, 6) is 0.271. The summed E-state index contributed by atoms with van der Waals surface area (Å²) in [6, 6.07) is 18.2. The van der Waals surface area contributed by atoms with E-state index in [0.717, 1.165) is 24.3 Å². The number of para-hydroxylation sites is 1. The van der Waals surface area contributed by atoms with Gasteiger partial charge in [-0.05, 0) is 41.6 Å².